The number of thioether (sulfide) groups is 1. The van der Waals surface area contributed by atoms with Crippen molar-refractivity contribution in [2.24, 2.45) is 0 Å². The molecule has 8 heteroatoms. The second-order valence-corrected chi connectivity index (χ2v) is 8.69. The van der Waals surface area contributed by atoms with Gasteiger partial charge in [-0.15, -0.1) is 11.3 Å². The zero-order valence-corrected chi connectivity index (χ0v) is 17.3. The number of nitriles is 1. The second-order valence-electron chi connectivity index (χ2n) is 5.40. The Morgan fingerprint density at radius 2 is 2.11 bits per heavy atom. The number of hydrogen-bond acceptors (Lipinski definition) is 7. The third-order valence-electron chi connectivity index (χ3n) is 3.50. The zero-order valence-electron chi connectivity index (χ0n) is 14.8. The van der Waals surface area contributed by atoms with E-state index in [0.29, 0.717) is 28.1 Å². The molecule has 2 heterocycles. The minimum atomic E-state index is -0.240. The van der Waals surface area contributed by atoms with Crippen molar-refractivity contribution >= 4 is 45.5 Å². The summed E-state index contributed by atoms with van der Waals surface area (Å²) in [5.74, 6) is 0.693. The highest BCUT2D eigenvalue weighted by molar-refractivity contribution is 8.01. The largest absolute Gasteiger partial charge is 0.492 e. The van der Waals surface area contributed by atoms with Crippen molar-refractivity contribution in [3.8, 4) is 22.3 Å². The molecule has 1 aromatic carbocycles. The zero-order chi connectivity index (χ0) is 19.2. The van der Waals surface area contributed by atoms with E-state index < -0.39 is 0 Å². The smallest absolute Gasteiger partial charge is 0.271 e. The molecule has 0 spiro atoms. The van der Waals surface area contributed by atoms with Crippen molar-refractivity contribution in [2.45, 2.75) is 18.1 Å². The fourth-order valence-corrected chi connectivity index (χ4v) is 5.16. The van der Waals surface area contributed by atoms with Crippen LogP contribution in [0.2, 0.25) is 0 Å². The molecule has 0 saturated carbocycles. The van der Waals surface area contributed by atoms with Gasteiger partial charge in [0.1, 0.15) is 10.6 Å². The number of amides is 1. The van der Waals surface area contributed by atoms with Gasteiger partial charge in [0.2, 0.25) is 0 Å². The molecule has 0 saturated heterocycles. The predicted octanol–water partition coefficient (Wildman–Crippen LogP) is 5.45. The van der Waals surface area contributed by atoms with Crippen LogP contribution in [0.15, 0.2) is 40.6 Å². The highest BCUT2D eigenvalue weighted by atomic mass is 32.2. The van der Waals surface area contributed by atoms with Crippen molar-refractivity contribution in [1.29, 1.82) is 5.26 Å². The van der Waals surface area contributed by atoms with Crippen molar-refractivity contribution in [3.63, 3.8) is 0 Å². The number of nitrogens with zero attached hydrogens (tertiary/aromatic N) is 2. The number of carbonyl (C=O) groups excluding carboxylic acids is 1. The van der Waals surface area contributed by atoms with E-state index in [0.717, 1.165) is 20.3 Å². The van der Waals surface area contributed by atoms with Crippen LogP contribution < -0.4 is 10.1 Å². The molecular formula is C19H17N3O2S3. The van der Waals surface area contributed by atoms with Crippen LogP contribution in [0.3, 0.4) is 0 Å². The van der Waals surface area contributed by atoms with Crippen molar-refractivity contribution in [3.05, 3.63) is 47.0 Å². The van der Waals surface area contributed by atoms with Crippen LogP contribution in [0.25, 0.3) is 10.4 Å². The number of nitrogens with one attached hydrogen (secondary N) is 1. The molecule has 0 fully saturated rings. The van der Waals surface area contributed by atoms with E-state index in [4.69, 9.17) is 10.00 Å². The van der Waals surface area contributed by atoms with Crippen LogP contribution in [0.1, 0.15) is 22.3 Å². The Hall–Kier alpha value is -2.34. The van der Waals surface area contributed by atoms with Gasteiger partial charge in [-0.25, -0.2) is 4.98 Å². The van der Waals surface area contributed by atoms with E-state index in [2.05, 4.69) is 16.4 Å². The molecule has 1 N–H and O–H groups in total. The second kappa shape index (κ2) is 9.04. The van der Waals surface area contributed by atoms with Crippen LogP contribution in [-0.2, 0) is 0 Å². The van der Waals surface area contributed by atoms with E-state index in [1.807, 2.05) is 50.2 Å². The summed E-state index contributed by atoms with van der Waals surface area (Å²) >= 11 is 4.20. The minimum Gasteiger partial charge on any atom is -0.492 e. The molecule has 1 amide bonds. The van der Waals surface area contributed by atoms with E-state index >= 15 is 0 Å². The van der Waals surface area contributed by atoms with Gasteiger partial charge in [0.05, 0.1) is 28.3 Å². The minimum absolute atomic E-state index is 0.240. The summed E-state index contributed by atoms with van der Waals surface area (Å²) in [7, 11) is 0. The van der Waals surface area contributed by atoms with Crippen molar-refractivity contribution < 1.29 is 9.53 Å². The summed E-state index contributed by atoms with van der Waals surface area (Å²) in [4.78, 5) is 18.7. The van der Waals surface area contributed by atoms with Crippen LogP contribution in [0, 0.1) is 18.3 Å². The van der Waals surface area contributed by atoms with Crippen molar-refractivity contribution in [1.82, 2.24) is 4.98 Å². The lowest BCUT2D eigenvalue weighted by Gasteiger charge is -2.03. The Morgan fingerprint density at radius 3 is 2.81 bits per heavy atom. The normalized spacial score (nSPS) is 10.4. The van der Waals surface area contributed by atoms with E-state index in [1.54, 1.807) is 0 Å². The maximum Gasteiger partial charge on any atom is 0.271 e. The van der Waals surface area contributed by atoms with E-state index in [9.17, 15) is 4.79 Å². The Labute approximate surface area is 170 Å². The molecule has 3 aromatic rings. The summed E-state index contributed by atoms with van der Waals surface area (Å²) in [5.41, 5.74) is 1.86. The van der Waals surface area contributed by atoms with E-state index in [1.165, 1.54) is 34.4 Å². The summed E-state index contributed by atoms with van der Waals surface area (Å²) in [6.45, 7) is 4.25. The maximum absolute atomic E-state index is 12.8. The molecule has 0 aliphatic carbocycles. The molecule has 5 nitrogen and oxygen atoms in total. The molecular weight excluding hydrogens is 398 g/mol. The highest BCUT2D eigenvalue weighted by Gasteiger charge is 2.20. The number of ether oxygens (including phenoxy) is 1. The van der Waals surface area contributed by atoms with Gasteiger partial charge in [0.15, 0.2) is 5.13 Å². The van der Waals surface area contributed by atoms with Gasteiger partial charge in [-0.1, -0.05) is 53.4 Å². The third-order valence-corrected chi connectivity index (χ3v) is 6.97. The molecule has 0 aliphatic heterocycles. The summed E-state index contributed by atoms with van der Waals surface area (Å²) in [6, 6.07) is 13.9. The van der Waals surface area contributed by atoms with Gasteiger partial charge in [0.25, 0.3) is 5.91 Å². The highest BCUT2D eigenvalue weighted by Crippen LogP contribution is 2.38. The number of aromatic nitrogens is 1. The first-order chi connectivity index (χ1) is 13.1. The van der Waals surface area contributed by atoms with Crippen molar-refractivity contribution in [2.75, 3.05) is 17.7 Å². The van der Waals surface area contributed by atoms with Crippen LogP contribution >= 0.6 is 34.4 Å². The molecule has 0 radical (unpaired) electrons. The van der Waals surface area contributed by atoms with E-state index in [-0.39, 0.29) is 5.91 Å². The quantitative estimate of drug-likeness (QED) is 0.520. The SMILES string of the molecule is CCOc1cc(-c2ccccc2)sc1C(=O)Nc1nc(C)c(SCC#N)s1. The average Bonchev–Trinajstić information content (AvgIpc) is 3.24. The number of benzene rings is 1. The number of anilines is 1. The Kier molecular flexibility index (Phi) is 6.50. The Morgan fingerprint density at radius 1 is 1.33 bits per heavy atom. The van der Waals surface area contributed by atoms with Gasteiger partial charge < -0.3 is 4.74 Å². The molecule has 0 unspecified atom stereocenters. The average molecular weight is 416 g/mol. The summed E-state index contributed by atoms with van der Waals surface area (Å²) < 4.78 is 6.61. The Balaban J connectivity index is 1.84. The maximum atomic E-state index is 12.8. The van der Waals surface area contributed by atoms with Crippen LogP contribution in [-0.4, -0.2) is 23.3 Å². The van der Waals surface area contributed by atoms with Crippen LogP contribution in [0.5, 0.6) is 5.75 Å². The topological polar surface area (TPSA) is 75.0 Å². The van der Waals surface area contributed by atoms with Crippen LogP contribution in [0.4, 0.5) is 5.13 Å². The predicted molar refractivity (Wildman–Crippen MR) is 112 cm³/mol. The number of hydrogen-bond donors (Lipinski definition) is 1. The summed E-state index contributed by atoms with van der Waals surface area (Å²) in [5, 5.41) is 12.1. The van der Waals surface area contributed by atoms with Gasteiger partial charge in [-0.05, 0) is 25.5 Å². The van der Waals surface area contributed by atoms with Gasteiger partial charge >= 0.3 is 0 Å². The standard InChI is InChI=1S/C19H17N3O2S3/c1-3-24-14-11-15(13-7-5-4-6-8-13)26-16(14)17(23)22-19-21-12(2)18(27-19)25-10-9-20/h4-8,11H,3,10H2,1-2H3,(H,21,22,23). The molecule has 0 atom stereocenters. The number of aryl methyl sites for hydroxylation is 1. The number of thiazole rings is 1. The number of carbonyl (C=O) groups is 1. The van der Waals surface area contributed by atoms with Gasteiger partial charge in [-0.3, -0.25) is 10.1 Å². The molecule has 138 valence electrons. The number of thiophene rings is 1. The lowest BCUT2D eigenvalue weighted by molar-refractivity contribution is 0.102. The Bertz CT molecular complexity index is 974. The monoisotopic (exact) mass is 415 g/mol. The molecule has 27 heavy (non-hydrogen) atoms. The molecule has 0 bridgehead atoms. The summed E-state index contributed by atoms with van der Waals surface area (Å²) in [6.07, 6.45) is 0. The lowest BCUT2D eigenvalue weighted by atomic mass is 10.2. The van der Waals surface area contributed by atoms with Gasteiger partial charge in [0, 0.05) is 4.88 Å². The molecule has 0 aliphatic rings. The first-order valence-corrected chi connectivity index (χ1v) is 10.8. The molecule has 3 rings (SSSR count). The molecule has 2 aromatic heterocycles. The first-order valence-electron chi connectivity index (χ1n) is 8.23. The fraction of sp³-hybridized carbons (Fsp3) is 0.211. The third kappa shape index (κ3) is 4.69. The van der Waals surface area contributed by atoms with Gasteiger partial charge in [-0.2, -0.15) is 5.26 Å². The first kappa shape index (κ1) is 19.4. The fourth-order valence-electron chi connectivity index (χ4n) is 2.36. The number of rotatable bonds is 7. The lowest BCUT2D eigenvalue weighted by Crippen LogP contribution is -2.11.